The number of benzene rings is 1. The van der Waals surface area contributed by atoms with E-state index >= 15 is 0 Å². The highest BCUT2D eigenvalue weighted by molar-refractivity contribution is 5.16. The van der Waals surface area contributed by atoms with Crippen LogP contribution >= 0.6 is 0 Å². The lowest BCUT2D eigenvalue weighted by Gasteiger charge is -2.18. The van der Waals surface area contributed by atoms with Gasteiger partial charge in [0.2, 0.25) is 0 Å². The van der Waals surface area contributed by atoms with Crippen LogP contribution in [0.25, 0.3) is 0 Å². The summed E-state index contributed by atoms with van der Waals surface area (Å²) in [5.41, 5.74) is 0.945. The molecule has 1 rings (SSSR count). The van der Waals surface area contributed by atoms with Crippen molar-refractivity contribution in [3.05, 3.63) is 35.6 Å². The van der Waals surface area contributed by atoms with Gasteiger partial charge in [0, 0.05) is 13.1 Å². The van der Waals surface area contributed by atoms with E-state index in [1.807, 2.05) is 13.0 Å². The molecule has 0 radical (unpaired) electrons. The maximum atomic E-state index is 12.8. The highest BCUT2D eigenvalue weighted by Crippen LogP contribution is 2.06. The SMILES string of the molecule is CCN(CCO)Cc1cccc(F)c1. The first-order valence-corrected chi connectivity index (χ1v) is 4.84. The van der Waals surface area contributed by atoms with Gasteiger partial charge < -0.3 is 5.11 Å². The minimum atomic E-state index is -0.206. The van der Waals surface area contributed by atoms with E-state index in [0.717, 1.165) is 12.1 Å². The third kappa shape index (κ3) is 3.44. The van der Waals surface area contributed by atoms with Crippen LogP contribution < -0.4 is 0 Å². The summed E-state index contributed by atoms with van der Waals surface area (Å²) < 4.78 is 12.8. The summed E-state index contributed by atoms with van der Waals surface area (Å²) in [6.45, 7) is 4.34. The normalized spacial score (nSPS) is 10.9. The maximum absolute atomic E-state index is 12.8. The Hall–Kier alpha value is -0.930. The minimum absolute atomic E-state index is 0.142. The molecule has 0 bridgehead atoms. The van der Waals surface area contributed by atoms with E-state index in [1.165, 1.54) is 12.1 Å². The number of aliphatic hydroxyl groups excluding tert-OH is 1. The van der Waals surface area contributed by atoms with E-state index in [2.05, 4.69) is 4.90 Å². The van der Waals surface area contributed by atoms with Crippen molar-refractivity contribution < 1.29 is 9.50 Å². The number of nitrogens with zero attached hydrogens (tertiary/aromatic N) is 1. The molecule has 0 saturated heterocycles. The van der Waals surface area contributed by atoms with Crippen LogP contribution in [-0.2, 0) is 6.54 Å². The highest BCUT2D eigenvalue weighted by atomic mass is 19.1. The van der Waals surface area contributed by atoms with Crippen molar-refractivity contribution in [3.63, 3.8) is 0 Å². The van der Waals surface area contributed by atoms with Gasteiger partial charge >= 0.3 is 0 Å². The molecule has 1 aromatic carbocycles. The molecule has 0 aliphatic rings. The van der Waals surface area contributed by atoms with Crippen LogP contribution in [0.2, 0.25) is 0 Å². The number of rotatable bonds is 5. The molecule has 0 aliphatic heterocycles. The third-order valence-electron chi connectivity index (χ3n) is 2.16. The Morgan fingerprint density at radius 2 is 2.21 bits per heavy atom. The van der Waals surface area contributed by atoms with E-state index in [1.54, 1.807) is 6.07 Å². The smallest absolute Gasteiger partial charge is 0.123 e. The van der Waals surface area contributed by atoms with Crippen molar-refractivity contribution in [2.24, 2.45) is 0 Å². The Labute approximate surface area is 84.0 Å². The van der Waals surface area contributed by atoms with Crippen LogP contribution in [0.15, 0.2) is 24.3 Å². The molecule has 0 aromatic heterocycles. The zero-order valence-electron chi connectivity index (χ0n) is 8.41. The van der Waals surface area contributed by atoms with E-state index in [-0.39, 0.29) is 12.4 Å². The topological polar surface area (TPSA) is 23.5 Å². The van der Waals surface area contributed by atoms with Gasteiger partial charge in [0.1, 0.15) is 5.82 Å². The Kier molecular flexibility index (Phi) is 4.56. The molecule has 0 amide bonds. The van der Waals surface area contributed by atoms with Crippen molar-refractivity contribution in [2.75, 3.05) is 19.7 Å². The molecular weight excluding hydrogens is 181 g/mol. The third-order valence-corrected chi connectivity index (χ3v) is 2.16. The van der Waals surface area contributed by atoms with E-state index in [9.17, 15) is 4.39 Å². The first kappa shape index (κ1) is 11.1. The molecule has 0 atom stereocenters. The van der Waals surface area contributed by atoms with Gasteiger partial charge in [-0.2, -0.15) is 0 Å². The monoisotopic (exact) mass is 197 g/mol. The average molecular weight is 197 g/mol. The van der Waals surface area contributed by atoms with E-state index < -0.39 is 0 Å². The number of likely N-dealkylation sites (N-methyl/N-ethyl adjacent to an activating group) is 1. The van der Waals surface area contributed by atoms with Crippen molar-refractivity contribution in [3.8, 4) is 0 Å². The first-order valence-electron chi connectivity index (χ1n) is 4.84. The van der Waals surface area contributed by atoms with Gasteiger partial charge in [0.05, 0.1) is 6.61 Å². The van der Waals surface area contributed by atoms with Crippen LogP contribution in [0, 0.1) is 5.82 Å². The van der Waals surface area contributed by atoms with Crippen LogP contribution in [-0.4, -0.2) is 29.7 Å². The van der Waals surface area contributed by atoms with Crippen LogP contribution in [0.1, 0.15) is 12.5 Å². The summed E-state index contributed by atoms with van der Waals surface area (Å²) >= 11 is 0. The second-order valence-electron chi connectivity index (χ2n) is 3.22. The lowest BCUT2D eigenvalue weighted by atomic mass is 10.2. The van der Waals surface area contributed by atoms with Gasteiger partial charge in [-0.25, -0.2) is 4.39 Å². The molecular formula is C11H16FNO. The summed E-state index contributed by atoms with van der Waals surface area (Å²) in [6.07, 6.45) is 0. The van der Waals surface area contributed by atoms with Gasteiger partial charge in [-0.15, -0.1) is 0 Å². The fraction of sp³-hybridized carbons (Fsp3) is 0.455. The molecule has 0 saturated carbocycles. The fourth-order valence-corrected chi connectivity index (χ4v) is 1.38. The standard InChI is InChI=1S/C11H16FNO/c1-2-13(6-7-14)9-10-4-3-5-11(12)8-10/h3-5,8,14H,2,6-7,9H2,1H3. The van der Waals surface area contributed by atoms with E-state index in [0.29, 0.717) is 13.1 Å². The Morgan fingerprint density at radius 1 is 1.43 bits per heavy atom. The molecule has 0 spiro atoms. The van der Waals surface area contributed by atoms with E-state index in [4.69, 9.17) is 5.11 Å². The van der Waals surface area contributed by atoms with Gasteiger partial charge in [-0.1, -0.05) is 19.1 Å². The lowest BCUT2D eigenvalue weighted by molar-refractivity contribution is 0.196. The second kappa shape index (κ2) is 5.73. The van der Waals surface area contributed by atoms with Gasteiger partial charge in [-0.05, 0) is 24.2 Å². The Balaban J connectivity index is 2.57. The van der Waals surface area contributed by atoms with Crippen LogP contribution in [0.3, 0.4) is 0 Å². The summed E-state index contributed by atoms with van der Waals surface area (Å²) in [7, 11) is 0. The molecule has 3 heteroatoms. The summed E-state index contributed by atoms with van der Waals surface area (Å²) in [4.78, 5) is 2.06. The van der Waals surface area contributed by atoms with Crippen molar-refractivity contribution in [2.45, 2.75) is 13.5 Å². The molecule has 1 N–H and O–H groups in total. The van der Waals surface area contributed by atoms with Crippen molar-refractivity contribution in [1.82, 2.24) is 4.90 Å². The molecule has 0 fully saturated rings. The van der Waals surface area contributed by atoms with Crippen LogP contribution in [0.5, 0.6) is 0 Å². The Bertz CT molecular complexity index is 278. The Morgan fingerprint density at radius 3 is 2.79 bits per heavy atom. The molecule has 0 aliphatic carbocycles. The van der Waals surface area contributed by atoms with Crippen molar-refractivity contribution in [1.29, 1.82) is 0 Å². The van der Waals surface area contributed by atoms with Gasteiger partial charge in [0.25, 0.3) is 0 Å². The molecule has 14 heavy (non-hydrogen) atoms. The molecule has 78 valence electrons. The second-order valence-corrected chi connectivity index (χ2v) is 3.22. The highest BCUT2D eigenvalue weighted by Gasteiger charge is 2.02. The molecule has 0 heterocycles. The zero-order chi connectivity index (χ0) is 10.4. The molecule has 1 aromatic rings. The minimum Gasteiger partial charge on any atom is -0.395 e. The zero-order valence-corrected chi connectivity index (χ0v) is 8.41. The fourth-order valence-electron chi connectivity index (χ4n) is 1.38. The van der Waals surface area contributed by atoms with Gasteiger partial charge in [0.15, 0.2) is 0 Å². The quantitative estimate of drug-likeness (QED) is 0.775. The van der Waals surface area contributed by atoms with Crippen LogP contribution in [0.4, 0.5) is 4.39 Å². The predicted molar refractivity (Wildman–Crippen MR) is 54.4 cm³/mol. The number of aliphatic hydroxyl groups is 1. The largest absolute Gasteiger partial charge is 0.395 e. The molecule has 0 unspecified atom stereocenters. The number of halogens is 1. The lowest BCUT2D eigenvalue weighted by Crippen LogP contribution is -2.26. The maximum Gasteiger partial charge on any atom is 0.123 e. The summed E-state index contributed by atoms with van der Waals surface area (Å²) in [6, 6.07) is 6.56. The predicted octanol–water partition coefficient (Wildman–Crippen LogP) is 1.64. The van der Waals surface area contributed by atoms with Crippen molar-refractivity contribution >= 4 is 0 Å². The average Bonchev–Trinajstić information content (AvgIpc) is 2.17. The van der Waals surface area contributed by atoms with Gasteiger partial charge in [-0.3, -0.25) is 4.90 Å². The molecule has 2 nitrogen and oxygen atoms in total. The first-order chi connectivity index (χ1) is 6.76. The number of hydrogen-bond acceptors (Lipinski definition) is 2. The number of hydrogen-bond donors (Lipinski definition) is 1. The summed E-state index contributed by atoms with van der Waals surface area (Å²) in [5.74, 6) is -0.206. The summed E-state index contributed by atoms with van der Waals surface area (Å²) in [5, 5.41) is 8.78.